The van der Waals surface area contributed by atoms with E-state index in [9.17, 15) is 0 Å². The minimum Gasteiger partial charge on any atom is -0.310 e. The molecule has 2 aliphatic carbocycles. The van der Waals surface area contributed by atoms with Crippen LogP contribution >= 0.6 is 11.3 Å². The molecular formula is C61H40F2N2S. The van der Waals surface area contributed by atoms with E-state index in [1.807, 2.05) is 12.1 Å². The molecule has 0 atom stereocenters. The first-order valence-corrected chi connectivity index (χ1v) is 23.2. The second-order valence-electron chi connectivity index (χ2n) is 17.6. The predicted octanol–water partition coefficient (Wildman–Crippen LogP) is 17.4. The van der Waals surface area contributed by atoms with Gasteiger partial charge in [-0.3, -0.25) is 0 Å². The highest BCUT2D eigenvalue weighted by atomic mass is 32.1. The average Bonchev–Trinajstić information content (AvgIpc) is 3.97. The van der Waals surface area contributed by atoms with Crippen LogP contribution in [0.25, 0.3) is 53.2 Å². The molecule has 1 spiro atoms. The fraction of sp³-hybridized carbons (Fsp3) is 0.0492. The van der Waals surface area contributed by atoms with Crippen molar-refractivity contribution in [2.75, 3.05) is 9.80 Å². The zero-order chi connectivity index (χ0) is 44.3. The SMILES string of the molecule is Cc1ccc(N(c2cccc(F)c2)c2cc3c(c4ccccc24)-c2c(cc(N(c4ccc(C)cc4)c4cccc(F)c4)c4sc5ccccc5c24)C32c3ccccc3-c3ccccc32)cc1. The lowest BCUT2D eigenvalue weighted by molar-refractivity contribution is 0.627. The summed E-state index contributed by atoms with van der Waals surface area (Å²) in [5.74, 6) is -0.593. The first-order chi connectivity index (χ1) is 32.4. The van der Waals surface area contributed by atoms with Crippen LogP contribution in [0, 0.1) is 25.5 Å². The number of fused-ring (bicyclic) bond motifs is 16. The van der Waals surface area contributed by atoms with Crippen LogP contribution in [0.3, 0.4) is 0 Å². The molecule has 0 aliphatic heterocycles. The molecule has 66 heavy (non-hydrogen) atoms. The summed E-state index contributed by atoms with van der Waals surface area (Å²) < 4.78 is 33.4. The van der Waals surface area contributed by atoms with E-state index >= 15 is 8.78 Å². The number of hydrogen-bond acceptors (Lipinski definition) is 3. The average molecular weight is 871 g/mol. The number of nitrogens with zero attached hydrogens (tertiary/aromatic N) is 2. The number of benzene rings is 10. The van der Waals surface area contributed by atoms with E-state index in [2.05, 4.69) is 181 Å². The summed E-state index contributed by atoms with van der Waals surface area (Å²) >= 11 is 1.79. The van der Waals surface area contributed by atoms with E-state index in [0.717, 1.165) is 60.7 Å². The van der Waals surface area contributed by atoms with E-state index in [1.54, 1.807) is 35.6 Å². The van der Waals surface area contributed by atoms with Crippen LogP contribution in [-0.4, -0.2) is 0 Å². The zero-order valence-corrected chi connectivity index (χ0v) is 37.0. The van der Waals surface area contributed by atoms with Crippen molar-refractivity contribution in [2.45, 2.75) is 19.3 Å². The number of rotatable bonds is 6. The van der Waals surface area contributed by atoms with Gasteiger partial charge in [0, 0.05) is 43.6 Å². The van der Waals surface area contributed by atoms with Crippen LogP contribution in [0.2, 0.25) is 0 Å². The highest BCUT2D eigenvalue weighted by Crippen LogP contribution is 2.68. The number of aryl methyl sites for hydroxylation is 2. The van der Waals surface area contributed by atoms with Gasteiger partial charge in [-0.15, -0.1) is 11.3 Å². The van der Waals surface area contributed by atoms with Crippen LogP contribution in [0.1, 0.15) is 33.4 Å². The maximum Gasteiger partial charge on any atom is 0.125 e. The normalized spacial score (nSPS) is 13.0. The van der Waals surface area contributed by atoms with E-state index in [-0.39, 0.29) is 11.6 Å². The first kappa shape index (κ1) is 38.6. The van der Waals surface area contributed by atoms with E-state index in [0.29, 0.717) is 0 Å². The Morgan fingerprint density at radius 3 is 1.47 bits per heavy atom. The van der Waals surface area contributed by atoms with Crippen LogP contribution in [-0.2, 0) is 5.41 Å². The van der Waals surface area contributed by atoms with Crippen molar-refractivity contribution in [3.63, 3.8) is 0 Å². The number of hydrogen-bond donors (Lipinski definition) is 0. The van der Waals surface area contributed by atoms with Gasteiger partial charge in [-0.1, -0.05) is 139 Å². The van der Waals surface area contributed by atoms with Crippen molar-refractivity contribution < 1.29 is 8.78 Å². The highest BCUT2D eigenvalue weighted by molar-refractivity contribution is 7.26. The summed E-state index contributed by atoms with van der Waals surface area (Å²) in [6, 6.07) is 71.0. The smallest absolute Gasteiger partial charge is 0.125 e. The molecule has 10 aromatic carbocycles. The standard InChI is InChI=1S/C61H40F2N2S/c1-37-25-29-41(30-26-37)64(43-15-11-13-39(62)33-43)54-35-52-57(48-20-4-3-19-47(48)54)59-53(61(52)50-22-8-5-17-45(50)46-18-6-9-23-51(46)61)36-55(60-58(59)49-21-7-10-24-56(49)66-60)65(42-31-27-38(2)28-32-42)44-16-12-14-40(63)34-44/h3-36H,1-2H3. The molecule has 0 N–H and O–H groups in total. The van der Waals surface area contributed by atoms with Gasteiger partial charge >= 0.3 is 0 Å². The van der Waals surface area contributed by atoms with Gasteiger partial charge in [0.1, 0.15) is 11.6 Å². The summed E-state index contributed by atoms with van der Waals surface area (Å²) in [6.45, 7) is 4.19. The third-order valence-corrected chi connectivity index (χ3v) is 15.1. The van der Waals surface area contributed by atoms with Gasteiger partial charge in [-0.25, -0.2) is 8.78 Å². The highest BCUT2D eigenvalue weighted by Gasteiger charge is 2.53. The van der Waals surface area contributed by atoms with Gasteiger partial charge in [-0.2, -0.15) is 0 Å². The number of thiophene rings is 1. The summed E-state index contributed by atoms with van der Waals surface area (Å²) in [7, 11) is 0. The maximum atomic E-state index is 15.6. The van der Waals surface area contributed by atoms with E-state index < -0.39 is 5.41 Å². The molecule has 5 heteroatoms. The van der Waals surface area contributed by atoms with Gasteiger partial charge in [0.2, 0.25) is 0 Å². The molecule has 1 heterocycles. The lowest BCUT2D eigenvalue weighted by Gasteiger charge is -2.34. The van der Waals surface area contributed by atoms with Crippen molar-refractivity contribution in [3.8, 4) is 22.3 Å². The Kier molecular flexibility index (Phi) is 8.52. The van der Waals surface area contributed by atoms with Crippen molar-refractivity contribution in [1.82, 2.24) is 0 Å². The summed E-state index contributed by atoms with van der Waals surface area (Å²) in [5.41, 5.74) is 16.3. The lowest BCUT2D eigenvalue weighted by atomic mass is 9.70. The Balaban J connectivity index is 1.24. The Bertz CT molecular complexity index is 3730. The number of anilines is 6. The van der Waals surface area contributed by atoms with Gasteiger partial charge in [-0.05, 0) is 143 Å². The largest absolute Gasteiger partial charge is 0.310 e. The monoisotopic (exact) mass is 870 g/mol. The van der Waals surface area contributed by atoms with Crippen molar-refractivity contribution in [1.29, 1.82) is 0 Å². The molecule has 2 nitrogen and oxygen atoms in total. The second kappa shape index (κ2) is 14.6. The molecule has 0 saturated carbocycles. The van der Waals surface area contributed by atoms with Gasteiger partial charge in [0.15, 0.2) is 0 Å². The fourth-order valence-electron chi connectivity index (χ4n) is 11.1. The zero-order valence-electron chi connectivity index (χ0n) is 36.2. The lowest BCUT2D eigenvalue weighted by Crippen LogP contribution is -2.26. The maximum absolute atomic E-state index is 15.6. The van der Waals surface area contributed by atoms with Crippen molar-refractivity contribution >= 4 is 76.4 Å². The first-order valence-electron chi connectivity index (χ1n) is 22.4. The molecule has 1 aromatic heterocycles. The van der Waals surface area contributed by atoms with E-state index in [4.69, 9.17) is 0 Å². The summed E-state index contributed by atoms with van der Waals surface area (Å²) in [4.78, 5) is 4.47. The van der Waals surface area contributed by atoms with Crippen LogP contribution in [0.5, 0.6) is 0 Å². The molecule has 11 aromatic rings. The Morgan fingerprint density at radius 2 is 0.879 bits per heavy atom. The summed E-state index contributed by atoms with van der Waals surface area (Å²) in [6.07, 6.45) is 0. The van der Waals surface area contributed by atoms with Crippen LogP contribution < -0.4 is 9.80 Å². The van der Waals surface area contributed by atoms with Crippen molar-refractivity contribution in [3.05, 3.63) is 251 Å². The minimum absolute atomic E-state index is 0.295. The third-order valence-electron chi connectivity index (χ3n) is 13.9. The van der Waals surface area contributed by atoms with Gasteiger partial charge < -0.3 is 9.80 Å². The molecule has 0 amide bonds. The number of halogens is 2. The Labute approximate surface area is 385 Å². The minimum atomic E-state index is -0.787. The molecule has 0 radical (unpaired) electrons. The Hall–Kier alpha value is -7.86. The molecule has 0 unspecified atom stereocenters. The molecule has 0 bridgehead atoms. The Morgan fingerprint density at radius 1 is 0.394 bits per heavy atom. The second-order valence-corrected chi connectivity index (χ2v) is 18.7. The molecular weight excluding hydrogens is 831 g/mol. The predicted molar refractivity (Wildman–Crippen MR) is 272 cm³/mol. The topological polar surface area (TPSA) is 6.48 Å². The van der Waals surface area contributed by atoms with Crippen LogP contribution in [0.15, 0.2) is 206 Å². The van der Waals surface area contributed by atoms with Crippen molar-refractivity contribution in [2.24, 2.45) is 0 Å². The van der Waals surface area contributed by atoms with Crippen LogP contribution in [0.4, 0.5) is 42.9 Å². The molecule has 0 saturated heterocycles. The van der Waals surface area contributed by atoms with Gasteiger partial charge in [0.05, 0.1) is 21.5 Å². The third kappa shape index (κ3) is 5.50. The summed E-state index contributed by atoms with van der Waals surface area (Å²) in [5, 5.41) is 4.52. The van der Waals surface area contributed by atoms with Gasteiger partial charge in [0.25, 0.3) is 0 Å². The molecule has 314 valence electrons. The molecule has 0 fully saturated rings. The molecule has 2 aliphatic rings. The fourth-order valence-corrected chi connectivity index (χ4v) is 12.4. The molecule has 13 rings (SSSR count). The quantitative estimate of drug-likeness (QED) is 0.164. The van der Waals surface area contributed by atoms with E-state index in [1.165, 1.54) is 72.1 Å².